The quantitative estimate of drug-likeness (QED) is 0.540. The van der Waals surface area contributed by atoms with Crippen molar-refractivity contribution >= 4 is 17.5 Å². The second-order valence-electron chi connectivity index (χ2n) is 9.41. The van der Waals surface area contributed by atoms with Crippen LogP contribution in [-0.2, 0) is 14.3 Å². The van der Waals surface area contributed by atoms with Crippen LogP contribution in [0.25, 0.3) is 0 Å². The van der Waals surface area contributed by atoms with E-state index in [2.05, 4.69) is 19.2 Å². The summed E-state index contributed by atoms with van der Waals surface area (Å²) < 4.78 is 16.6. The van der Waals surface area contributed by atoms with E-state index in [1.54, 1.807) is 32.1 Å². The molecule has 184 valence electrons. The number of fused-ring (bicyclic) bond motifs is 1. The number of ether oxygens (including phenoxy) is 3. The lowest BCUT2D eigenvalue weighted by Gasteiger charge is -2.41. The van der Waals surface area contributed by atoms with Gasteiger partial charge < -0.3 is 29.3 Å². The van der Waals surface area contributed by atoms with Gasteiger partial charge in [-0.15, -0.1) is 0 Å². The van der Waals surface area contributed by atoms with Crippen molar-refractivity contribution in [3.05, 3.63) is 23.8 Å². The Morgan fingerprint density at radius 1 is 1.30 bits per heavy atom. The number of rotatable bonds is 10. The molecule has 0 saturated carbocycles. The maximum atomic E-state index is 13.6. The molecule has 2 amide bonds. The molecule has 2 aliphatic heterocycles. The van der Waals surface area contributed by atoms with E-state index in [9.17, 15) is 9.59 Å². The monoisotopic (exact) mass is 461 g/mol. The zero-order chi connectivity index (χ0) is 24.0. The molecule has 1 fully saturated rings. The molecule has 1 saturated heterocycles. The minimum atomic E-state index is -1.10. The molecule has 2 aliphatic rings. The molecule has 1 unspecified atom stereocenters. The minimum Gasteiger partial charge on any atom is -0.473 e. The molecule has 0 aliphatic carbocycles. The molecule has 33 heavy (non-hydrogen) atoms. The number of piperidine rings is 1. The zero-order valence-electron chi connectivity index (χ0n) is 20.7. The van der Waals surface area contributed by atoms with Crippen molar-refractivity contribution < 1.29 is 23.8 Å². The van der Waals surface area contributed by atoms with E-state index in [0.29, 0.717) is 30.2 Å². The zero-order valence-corrected chi connectivity index (χ0v) is 20.7. The lowest BCUT2D eigenvalue weighted by atomic mass is 9.99. The number of amides is 2. The molecule has 1 aromatic carbocycles. The number of carbonyl (C=O) groups is 2. The van der Waals surface area contributed by atoms with Gasteiger partial charge in [-0.2, -0.15) is 0 Å². The molecule has 0 aromatic heterocycles. The number of nitrogens with one attached hydrogen (secondary N) is 1. The number of nitrogens with zero attached hydrogens (tertiary/aromatic N) is 2. The molecule has 0 bridgehead atoms. The summed E-state index contributed by atoms with van der Waals surface area (Å²) in [5.74, 6) is 0.419. The van der Waals surface area contributed by atoms with E-state index in [4.69, 9.17) is 14.2 Å². The SMILES string of the molecule is COCCCCN1C(=O)C(C)(COC)Oc2ccc(C(=O)N(C(C)C)[C@@H]3CCCNC3)cc21. The van der Waals surface area contributed by atoms with Gasteiger partial charge in [-0.3, -0.25) is 9.59 Å². The van der Waals surface area contributed by atoms with Gasteiger partial charge in [0.15, 0.2) is 0 Å². The molecule has 1 aromatic rings. The van der Waals surface area contributed by atoms with Crippen LogP contribution in [0.1, 0.15) is 56.8 Å². The number of hydrogen-bond donors (Lipinski definition) is 1. The van der Waals surface area contributed by atoms with Gasteiger partial charge in [0, 0.05) is 51.6 Å². The Kier molecular flexibility index (Phi) is 8.73. The normalized spacial score (nSPS) is 22.8. The molecular weight excluding hydrogens is 422 g/mol. The van der Waals surface area contributed by atoms with Crippen molar-refractivity contribution in [3.8, 4) is 5.75 Å². The summed E-state index contributed by atoms with van der Waals surface area (Å²) in [7, 11) is 3.23. The summed E-state index contributed by atoms with van der Waals surface area (Å²) in [6.07, 6.45) is 3.67. The standard InChI is InChI=1S/C25H39N3O5/c1-18(2)28(20-9-8-12-26-16-20)23(29)19-10-11-22-21(15-19)27(13-6-7-14-31-4)24(30)25(3,33-22)17-32-5/h10-11,15,18,20,26H,6-9,12-14,16-17H2,1-5H3/t20-,25?/m1/s1. The molecule has 8 nitrogen and oxygen atoms in total. The summed E-state index contributed by atoms with van der Waals surface area (Å²) in [6, 6.07) is 5.66. The van der Waals surface area contributed by atoms with Crippen LogP contribution < -0.4 is 15.0 Å². The van der Waals surface area contributed by atoms with Crippen LogP contribution >= 0.6 is 0 Å². The highest BCUT2D eigenvalue weighted by molar-refractivity contribution is 6.04. The third-order valence-corrected chi connectivity index (χ3v) is 6.38. The highest BCUT2D eigenvalue weighted by Crippen LogP contribution is 2.39. The first-order chi connectivity index (χ1) is 15.8. The van der Waals surface area contributed by atoms with E-state index in [-0.39, 0.29) is 30.5 Å². The Hall–Kier alpha value is -2.16. The first kappa shape index (κ1) is 25.5. The predicted molar refractivity (Wildman–Crippen MR) is 128 cm³/mol. The fraction of sp³-hybridized carbons (Fsp3) is 0.680. The Morgan fingerprint density at radius 3 is 2.73 bits per heavy atom. The van der Waals surface area contributed by atoms with Crippen LogP contribution in [0.5, 0.6) is 5.75 Å². The largest absolute Gasteiger partial charge is 0.473 e. The highest BCUT2D eigenvalue weighted by Gasteiger charge is 2.45. The third kappa shape index (κ3) is 5.67. The van der Waals surface area contributed by atoms with Crippen LogP contribution in [0.2, 0.25) is 0 Å². The van der Waals surface area contributed by atoms with Crippen molar-refractivity contribution in [2.24, 2.45) is 0 Å². The average Bonchev–Trinajstić information content (AvgIpc) is 2.79. The Balaban J connectivity index is 1.92. The van der Waals surface area contributed by atoms with Gasteiger partial charge in [-0.05, 0) is 71.2 Å². The second kappa shape index (κ2) is 11.3. The molecule has 2 atom stereocenters. The fourth-order valence-electron chi connectivity index (χ4n) is 4.78. The van der Waals surface area contributed by atoms with Gasteiger partial charge >= 0.3 is 0 Å². The maximum absolute atomic E-state index is 13.6. The van der Waals surface area contributed by atoms with Gasteiger partial charge in [0.2, 0.25) is 5.60 Å². The van der Waals surface area contributed by atoms with Gasteiger partial charge in [0.25, 0.3) is 11.8 Å². The molecular formula is C25H39N3O5. The van der Waals surface area contributed by atoms with Crippen molar-refractivity contribution in [3.63, 3.8) is 0 Å². The fourth-order valence-corrected chi connectivity index (χ4v) is 4.78. The number of unbranched alkanes of at least 4 members (excludes halogenated alkanes) is 1. The highest BCUT2D eigenvalue weighted by atomic mass is 16.5. The van der Waals surface area contributed by atoms with E-state index in [0.717, 1.165) is 38.8 Å². The first-order valence-electron chi connectivity index (χ1n) is 12.0. The van der Waals surface area contributed by atoms with E-state index >= 15 is 0 Å². The number of methoxy groups -OCH3 is 2. The summed E-state index contributed by atoms with van der Waals surface area (Å²) >= 11 is 0. The average molecular weight is 462 g/mol. The summed E-state index contributed by atoms with van der Waals surface area (Å²) in [5.41, 5.74) is 0.107. The topological polar surface area (TPSA) is 80.3 Å². The molecule has 3 rings (SSSR count). The lowest BCUT2D eigenvalue weighted by molar-refractivity contribution is -0.138. The van der Waals surface area contributed by atoms with Crippen LogP contribution in [0.15, 0.2) is 18.2 Å². The third-order valence-electron chi connectivity index (χ3n) is 6.38. The van der Waals surface area contributed by atoms with E-state index in [1.165, 1.54) is 0 Å². The minimum absolute atomic E-state index is 0.0153. The van der Waals surface area contributed by atoms with Crippen LogP contribution in [0.3, 0.4) is 0 Å². The molecule has 0 spiro atoms. The Labute approximate surface area is 197 Å². The van der Waals surface area contributed by atoms with Gasteiger partial charge in [0.05, 0.1) is 12.3 Å². The first-order valence-corrected chi connectivity index (χ1v) is 12.0. The number of carbonyl (C=O) groups excluding carboxylic acids is 2. The summed E-state index contributed by atoms with van der Waals surface area (Å²) in [5, 5.41) is 3.40. The molecule has 0 radical (unpaired) electrons. The maximum Gasteiger partial charge on any atom is 0.273 e. The van der Waals surface area contributed by atoms with Crippen molar-refractivity contribution in [1.82, 2.24) is 10.2 Å². The van der Waals surface area contributed by atoms with E-state index < -0.39 is 5.60 Å². The molecule has 8 heteroatoms. The molecule has 2 heterocycles. The number of benzene rings is 1. The predicted octanol–water partition coefficient (Wildman–Crippen LogP) is 2.85. The number of anilines is 1. The summed E-state index contributed by atoms with van der Waals surface area (Å²) in [4.78, 5) is 30.7. The van der Waals surface area contributed by atoms with Crippen LogP contribution in [0.4, 0.5) is 5.69 Å². The molecule has 1 N–H and O–H groups in total. The van der Waals surface area contributed by atoms with Crippen molar-refractivity contribution in [2.45, 2.75) is 64.1 Å². The smallest absolute Gasteiger partial charge is 0.273 e. The van der Waals surface area contributed by atoms with Gasteiger partial charge in [-0.25, -0.2) is 0 Å². The number of hydrogen-bond acceptors (Lipinski definition) is 6. The van der Waals surface area contributed by atoms with Crippen LogP contribution in [-0.4, -0.2) is 81.5 Å². The Morgan fingerprint density at radius 2 is 2.09 bits per heavy atom. The Bertz CT molecular complexity index is 824. The lowest BCUT2D eigenvalue weighted by Crippen LogP contribution is -2.57. The van der Waals surface area contributed by atoms with Crippen LogP contribution in [0, 0.1) is 0 Å². The van der Waals surface area contributed by atoms with Crippen molar-refractivity contribution in [2.75, 3.05) is 52.0 Å². The summed E-state index contributed by atoms with van der Waals surface area (Å²) in [6.45, 7) is 8.96. The van der Waals surface area contributed by atoms with Crippen molar-refractivity contribution in [1.29, 1.82) is 0 Å². The van der Waals surface area contributed by atoms with Gasteiger partial charge in [0.1, 0.15) is 5.75 Å². The van der Waals surface area contributed by atoms with E-state index in [1.807, 2.05) is 17.0 Å². The van der Waals surface area contributed by atoms with Gasteiger partial charge in [-0.1, -0.05) is 0 Å². The second-order valence-corrected chi connectivity index (χ2v) is 9.41.